The highest BCUT2D eigenvalue weighted by Gasteiger charge is 2.18. The number of nitrogens with zero attached hydrogens (tertiary/aromatic N) is 3. The van der Waals surface area contributed by atoms with Crippen molar-refractivity contribution in [3.8, 4) is 0 Å². The maximum Gasteiger partial charge on any atom is 0.244 e. The Morgan fingerprint density at radius 2 is 2.50 bits per heavy atom. The molecule has 0 radical (unpaired) electrons. The number of hydrogen-bond donors (Lipinski definition) is 1. The molecule has 0 saturated carbocycles. The fraction of sp³-hybridized carbons (Fsp3) is 0.500. The second-order valence-electron chi connectivity index (χ2n) is 2.24. The number of aromatic nitrogens is 3. The second-order valence-corrected chi connectivity index (χ2v) is 2.67. The largest absolute Gasteiger partial charge is 0.358 e. The van der Waals surface area contributed by atoms with Crippen LogP contribution in [0, 0.1) is 0 Å². The first kappa shape index (κ1) is 8.99. The number of aryl methyl sites for hydroxylation is 1. The maximum atomic E-state index is 11.0. The maximum absolute atomic E-state index is 11.0. The molecule has 5 nitrogen and oxygen atoms in total. The summed E-state index contributed by atoms with van der Waals surface area (Å²) in [6.07, 6.45) is 1.47. The zero-order valence-electron chi connectivity index (χ0n) is 6.78. The van der Waals surface area contributed by atoms with Crippen molar-refractivity contribution < 1.29 is 4.79 Å². The second kappa shape index (κ2) is 3.53. The van der Waals surface area contributed by atoms with Gasteiger partial charge in [0.05, 0.1) is 6.20 Å². The fourth-order valence-corrected chi connectivity index (χ4v) is 0.948. The summed E-state index contributed by atoms with van der Waals surface area (Å²) in [4.78, 5) is 12.4. The van der Waals surface area contributed by atoms with Crippen LogP contribution in [-0.2, 0) is 11.8 Å². The SMILES string of the molecule is CNC(=O)C(Cl)c1cnn(C)n1. The summed E-state index contributed by atoms with van der Waals surface area (Å²) in [5.41, 5.74) is 0.457. The molecular formula is C6H9ClN4O. The van der Waals surface area contributed by atoms with E-state index < -0.39 is 5.38 Å². The van der Waals surface area contributed by atoms with Gasteiger partial charge in [-0.05, 0) is 0 Å². The minimum absolute atomic E-state index is 0.280. The van der Waals surface area contributed by atoms with Gasteiger partial charge < -0.3 is 5.32 Å². The molecule has 0 saturated heterocycles. The van der Waals surface area contributed by atoms with Crippen molar-refractivity contribution >= 4 is 17.5 Å². The summed E-state index contributed by atoms with van der Waals surface area (Å²) in [5, 5.41) is 9.35. The standard InChI is InChI=1S/C6H9ClN4O/c1-8-6(12)5(7)4-3-9-11(2)10-4/h3,5H,1-2H3,(H,8,12). The normalized spacial score (nSPS) is 12.6. The van der Waals surface area contributed by atoms with Gasteiger partial charge in [-0.3, -0.25) is 4.79 Å². The number of amides is 1. The van der Waals surface area contributed by atoms with E-state index in [4.69, 9.17) is 11.6 Å². The van der Waals surface area contributed by atoms with E-state index in [0.29, 0.717) is 5.69 Å². The number of carbonyl (C=O) groups excluding carboxylic acids is 1. The molecule has 6 heteroatoms. The monoisotopic (exact) mass is 188 g/mol. The molecule has 0 aliphatic carbocycles. The van der Waals surface area contributed by atoms with Crippen LogP contribution in [0.3, 0.4) is 0 Å². The molecule has 1 rings (SSSR count). The lowest BCUT2D eigenvalue weighted by Gasteiger charge is -2.02. The van der Waals surface area contributed by atoms with Gasteiger partial charge >= 0.3 is 0 Å². The summed E-state index contributed by atoms with van der Waals surface area (Å²) in [7, 11) is 3.19. The first-order valence-electron chi connectivity index (χ1n) is 3.37. The van der Waals surface area contributed by atoms with Crippen molar-refractivity contribution in [2.24, 2.45) is 7.05 Å². The average Bonchev–Trinajstić information content (AvgIpc) is 2.49. The Labute approximate surface area is 74.7 Å². The van der Waals surface area contributed by atoms with Crippen molar-refractivity contribution in [2.75, 3.05) is 7.05 Å². The third-order valence-corrected chi connectivity index (χ3v) is 1.78. The van der Waals surface area contributed by atoms with Gasteiger partial charge in [-0.1, -0.05) is 0 Å². The van der Waals surface area contributed by atoms with Gasteiger partial charge in [0.1, 0.15) is 5.69 Å². The number of nitrogens with one attached hydrogen (secondary N) is 1. The van der Waals surface area contributed by atoms with E-state index in [0.717, 1.165) is 0 Å². The molecule has 1 aromatic heterocycles. The van der Waals surface area contributed by atoms with Crippen LogP contribution in [0.2, 0.25) is 0 Å². The van der Waals surface area contributed by atoms with E-state index in [-0.39, 0.29) is 5.91 Å². The molecule has 1 aromatic rings. The molecular weight excluding hydrogens is 180 g/mol. The van der Waals surface area contributed by atoms with Crippen molar-refractivity contribution in [3.05, 3.63) is 11.9 Å². The van der Waals surface area contributed by atoms with Crippen LogP contribution in [-0.4, -0.2) is 27.9 Å². The highest BCUT2D eigenvalue weighted by molar-refractivity contribution is 6.30. The van der Waals surface area contributed by atoms with Crippen LogP contribution in [0.5, 0.6) is 0 Å². The number of carbonyl (C=O) groups is 1. The molecule has 0 aliphatic heterocycles. The predicted molar refractivity (Wildman–Crippen MR) is 43.7 cm³/mol. The lowest BCUT2D eigenvalue weighted by molar-refractivity contribution is -0.120. The van der Waals surface area contributed by atoms with Gasteiger partial charge in [0.2, 0.25) is 5.91 Å². The van der Waals surface area contributed by atoms with E-state index in [2.05, 4.69) is 15.5 Å². The van der Waals surface area contributed by atoms with Crippen LogP contribution >= 0.6 is 11.6 Å². The number of hydrogen-bond acceptors (Lipinski definition) is 3. The van der Waals surface area contributed by atoms with Gasteiger partial charge in [-0.2, -0.15) is 15.0 Å². The molecule has 0 aliphatic rings. The van der Waals surface area contributed by atoms with E-state index in [9.17, 15) is 4.79 Å². The van der Waals surface area contributed by atoms with E-state index >= 15 is 0 Å². The summed E-state index contributed by atoms with van der Waals surface area (Å²) < 4.78 is 0. The lowest BCUT2D eigenvalue weighted by Crippen LogP contribution is -2.22. The summed E-state index contributed by atoms with van der Waals surface area (Å²) in [6, 6.07) is 0. The summed E-state index contributed by atoms with van der Waals surface area (Å²) >= 11 is 5.74. The highest BCUT2D eigenvalue weighted by atomic mass is 35.5. The first-order valence-corrected chi connectivity index (χ1v) is 3.80. The lowest BCUT2D eigenvalue weighted by atomic mass is 10.3. The molecule has 1 atom stereocenters. The predicted octanol–water partition coefficient (Wildman–Crippen LogP) is -0.159. The summed E-state index contributed by atoms with van der Waals surface area (Å²) in [5.74, 6) is -0.280. The topological polar surface area (TPSA) is 59.8 Å². The van der Waals surface area contributed by atoms with Crippen LogP contribution in [0.1, 0.15) is 11.1 Å². The Hall–Kier alpha value is -1.10. The van der Waals surface area contributed by atoms with Crippen LogP contribution in [0.4, 0.5) is 0 Å². The molecule has 0 spiro atoms. The number of alkyl halides is 1. The Balaban J connectivity index is 2.77. The molecule has 0 bridgehead atoms. The van der Waals surface area contributed by atoms with E-state index in [1.165, 1.54) is 18.0 Å². The van der Waals surface area contributed by atoms with Crippen LogP contribution in [0.25, 0.3) is 0 Å². The Bertz CT molecular complexity index is 285. The van der Waals surface area contributed by atoms with Gasteiger partial charge in [0, 0.05) is 14.1 Å². The molecule has 1 unspecified atom stereocenters. The number of halogens is 1. The van der Waals surface area contributed by atoms with Gasteiger partial charge in [0.15, 0.2) is 5.38 Å². The molecule has 1 heterocycles. The van der Waals surface area contributed by atoms with Crippen molar-refractivity contribution in [1.29, 1.82) is 0 Å². The quantitative estimate of drug-likeness (QED) is 0.657. The minimum atomic E-state index is -0.760. The molecule has 0 aromatic carbocycles. The zero-order chi connectivity index (χ0) is 9.14. The summed E-state index contributed by atoms with van der Waals surface area (Å²) in [6.45, 7) is 0. The van der Waals surface area contributed by atoms with Gasteiger partial charge in [0.25, 0.3) is 0 Å². The van der Waals surface area contributed by atoms with E-state index in [1.54, 1.807) is 7.05 Å². The number of likely N-dealkylation sites (N-methyl/N-ethyl adjacent to an activating group) is 1. The molecule has 66 valence electrons. The van der Waals surface area contributed by atoms with E-state index in [1.807, 2.05) is 0 Å². The van der Waals surface area contributed by atoms with Crippen molar-refractivity contribution in [2.45, 2.75) is 5.38 Å². The smallest absolute Gasteiger partial charge is 0.244 e. The molecule has 1 N–H and O–H groups in total. The molecule has 0 fully saturated rings. The van der Waals surface area contributed by atoms with Crippen molar-refractivity contribution in [1.82, 2.24) is 20.3 Å². The van der Waals surface area contributed by atoms with Gasteiger partial charge in [-0.15, -0.1) is 11.6 Å². The third-order valence-electron chi connectivity index (χ3n) is 1.35. The Kier molecular flexibility index (Phi) is 2.65. The van der Waals surface area contributed by atoms with Crippen LogP contribution in [0.15, 0.2) is 6.20 Å². The zero-order valence-corrected chi connectivity index (χ0v) is 7.54. The van der Waals surface area contributed by atoms with Crippen molar-refractivity contribution in [3.63, 3.8) is 0 Å². The highest BCUT2D eigenvalue weighted by Crippen LogP contribution is 2.16. The molecule has 1 amide bonds. The first-order chi connectivity index (χ1) is 5.65. The average molecular weight is 189 g/mol. The van der Waals surface area contributed by atoms with Gasteiger partial charge in [-0.25, -0.2) is 0 Å². The van der Waals surface area contributed by atoms with Crippen LogP contribution < -0.4 is 5.32 Å². The third kappa shape index (κ3) is 1.73. The fourth-order valence-electron chi connectivity index (χ4n) is 0.739. The minimum Gasteiger partial charge on any atom is -0.358 e. The number of rotatable bonds is 2. The molecule has 12 heavy (non-hydrogen) atoms. The Morgan fingerprint density at radius 1 is 1.83 bits per heavy atom. The Morgan fingerprint density at radius 3 is 2.92 bits per heavy atom.